The van der Waals surface area contributed by atoms with E-state index in [0.717, 1.165) is 4.90 Å². The van der Waals surface area contributed by atoms with E-state index in [2.05, 4.69) is 15.9 Å². The van der Waals surface area contributed by atoms with E-state index in [1.807, 2.05) is 0 Å². The number of esters is 1. The Morgan fingerprint density at radius 1 is 0.943 bits per heavy atom. The molecule has 0 spiro atoms. The molecular weight excluding hydrogens is 518 g/mol. The number of halogens is 1. The second kappa shape index (κ2) is 8.84. The van der Waals surface area contributed by atoms with Gasteiger partial charge in [0.2, 0.25) is 11.2 Å². The number of amides is 2. The van der Waals surface area contributed by atoms with Crippen molar-refractivity contribution in [1.29, 1.82) is 0 Å². The Balaban J connectivity index is 1.53. The van der Waals surface area contributed by atoms with Gasteiger partial charge in [-0.05, 0) is 58.4 Å². The molecule has 0 unspecified atom stereocenters. The second-order valence-corrected chi connectivity index (χ2v) is 8.51. The van der Waals surface area contributed by atoms with Crippen molar-refractivity contribution < 1.29 is 28.3 Å². The minimum absolute atomic E-state index is 0.0211. The van der Waals surface area contributed by atoms with E-state index in [0.29, 0.717) is 21.4 Å². The molecule has 0 fully saturated rings. The Labute approximate surface area is 206 Å². The number of imide groups is 1. The predicted molar refractivity (Wildman–Crippen MR) is 130 cm³/mol. The molecule has 0 aliphatic carbocycles. The number of carbonyl (C=O) groups excluding carboxylic acids is 3. The minimum atomic E-state index is -0.962. The van der Waals surface area contributed by atoms with Gasteiger partial charge in [0.25, 0.3) is 11.8 Å². The van der Waals surface area contributed by atoms with E-state index < -0.39 is 29.8 Å². The van der Waals surface area contributed by atoms with Crippen LogP contribution in [-0.2, 0) is 4.79 Å². The van der Waals surface area contributed by atoms with Gasteiger partial charge in [0.1, 0.15) is 17.9 Å². The molecule has 1 aliphatic heterocycles. The summed E-state index contributed by atoms with van der Waals surface area (Å²) in [5.41, 5.74) is 0.603. The number of benzene rings is 3. The Bertz CT molecular complexity index is 1560. The molecule has 1 aliphatic rings. The third-order valence-corrected chi connectivity index (χ3v) is 6.17. The summed E-state index contributed by atoms with van der Waals surface area (Å²) in [5, 5.41) is 0.215. The largest absolute Gasteiger partial charge is 0.496 e. The van der Waals surface area contributed by atoms with Gasteiger partial charge in [0, 0.05) is 5.56 Å². The molecule has 174 valence electrons. The van der Waals surface area contributed by atoms with Crippen LogP contribution in [0.25, 0.3) is 22.3 Å². The molecular formula is C26H16BrNO7. The van der Waals surface area contributed by atoms with E-state index >= 15 is 0 Å². The molecule has 0 N–H and O–H groups in total. The monoisotopic (exact) mass is 533 g/mol. The van der Waals surface area contributed by atoms with E-state index in [-0.39, 0.29) is 28.0 Å². The maximum Gasteiger partial charge on any atom is 0.331 e. The Morgan fingerprint density at radius 2 is 1.60 bits per heavy atom. The van der Waals surface area contributed by atoms with Crippen molar-refractivity contribution >= 4 is 44.7 Å². The van der Waals surface area contributed by atoms with Crippen LogP contribution in [0.15, 0.2) is 80.4 Å². The van der Waals surface area contributed by atoms with Crippen LogP contribution in [0, 0.1) is 0 Å². The number of carbonyl (C=O) groups is 3. The fourth-order valence-corrected chi connectivity index (χ4v) is 4.41. The third-order valence-electron chi connectivity index (χ3n) is 5.55. The molecule has 0 bridgehead atoms. The van der Waals surface area contributed by atoms with Crippen LogP contribution >= 0.6 is 15.9 Å². The average molecular weight is 534 g/mol. The molecule has 2 amide bonds. The zero-order valence-electron chi connectivity index (χ0n) is 18.2. The predicted octanol–water partition coefficient (Wildman–Crippen LogP) is 4.43. The number of para-hydroxylation sites is 1. The van der Waals surface area contributed by atoms with Gasteiger partial charge >= 0.3 is 5.97 Å². The maximum atomic E-state index is 13.3. The average Bonchev–Trinajstić information content (AvgIpc) is 3.10. The van der Waals surface area contributed by atoms with E-state index in [4.69, 9.17) is 13.9 Å². The fourth-order valence-electron chi connectivity index (χ4n) is 3.87. The van der Waals surface area contributed by atoms with Crippen LogP contribution in [0.4, 0.5) is 0 Å². The molecule has 1 aromatic heterocycles. The van der Waals surface area contributed by atoms with Crippen LogP contribution in [0.1, 0.15) is 20.7 Å². The summed E-state index contributed by atoms with van der Waals surface area (Å²) < 4.78 is 17.3. The molecule has 9 heteroatoms. The summed E-state index contributed by atoms with van der Waals surface area (Å²) in [6.45, 7) is -0.662. The first-order chi connectivity index (χ1) is 16.9. The van der Waals surface area contributed by atoms with Crippen molar-refractivity contribution in [3.8, 4) is 22.8 Å². The SMILES string of the molecule is COc1ccc(-c2oc3ccccc3c(=O)c2OC(=O)CN2C(=O)c3ccccc3C2=O)cc1Br. The van der Waals surface area contributed by atoms with Gasteiger partial charge in [-0.15, -0.1) is 0 Å². The normalized spacial score (nSPS) is 12.7. The lowest BCUT2D eigenvalue weighted by atomic mass is 10.1. The number of nitrogens with zero attached hydrogens (tertiary/aromatic N) is 1. The number of hydrogen-bond donors (Lipinski definition) is 0. The van der Waals surface area contributed by atoms with Crippen LogP contribution < -0.4 is 14.9 Å². The number of methoxy groups -OCH3 is 1. The van der Waals surface area contributed by atoms with E-state index in [9.17, 15) is 19.2 Å². The maximum absolute atomic E-state index is 13.3. The fraction of sp³-hybridized carbons (Fsp3) is 0.0769. The summed E-state index contributed by atoms with van der Waals surface area (Å²) >= 11 is 3.40. The lowest BCUT2D eigenvalue weighted by Gasteiger charge is -2.15. The summed E-state index contributed by atoms with van der Waals surface area (Å²) in [4.78, 5) is 52.2. The first kappa shape index (κ1) is 22.5. The number of rotatable bonds is 5. The van der Waals surface area contributed by atoms with Gasteiger partial charge in [0.15, 0.2) is 5.76 Å². The molecule has 8 nitrogen and oxygen atoms in total. The second-order valence-electron chi connectivity index (χ2n) is 7.65. The number of fused-ring (bicyclic) bond motifs is 2. The molecule has 2 heterocycles. The van der Waals surface area contributed by atoms with Crippen LogP contribution in [0.5, 0.6) is 11.5 Å². The summed E-state index contributed by atoms with van der Waals surface area (Å²) in [7, 11) is 1.52. The summed E-state index contributed by atoms with van der Waals surface area (Å²) in [6, 6.07) is 17.8. The zero-order chi connectivity index (χ0) is 24.7. The van der Waals surface area contributed by atoms with Gasteiger partial charge in [-0.3, -0.25) is 19.3 Å². The van der Waals surface area contributed by atoms with Crippen molar-refractivity contribution in [3.05, 3.63) is 92.6 Å². The van der Waals surface area contributed by atoms with Crippen molar-refractivity contribution in [1.82, 2.24) is 4.90 Å². The summed E-state index contributed by atoms with van der Waals surface area (Å²) in [5.74, 6) is -1.94. The first-order valence-electron chi connectivity index (χ1n) is 10.4. The van der Waals surface area contributed by atoms with E-state index in [1.54, 1.807) is 54.6 Å². The highest BCUT2D eigenvalue weighted by Crippen LogP contribution is 2.35. The molecule has 0 atom stereocenters. The lowest BCUT2D eigenvalue weighted by Crippen LogP contribution is -2.37. The standard InChI is InChI=1S/C26H16BrNO7/c1-33-20-11-10-14(12-18(20)27)23-24(22(30)17-8-4-5-9-19(17)34-23)35-21(29)13-28-25(31)15-6-2-3-7-16(15)26(28)32/h2-12H,13H2,1H3. The third kappa shape index (κ3) is 3.89. The highest BCUT2D eigenvalue weighted by Gasteiger charge is 2.37. The topological polar surface area (TPSA) is 103 Å². The van der Waals surface area contributed by atoms with Crippen molar-refractivity contribution in [2.24, 2.45) is 0 Å². The first-order valence-corrected chi connectivity index (χ1v) is 11.2. The molecule has 3 aromatic carbocycles. The molecule has 0 saturated heterocycles. The highest BCUT2D eigenvalue weighted by molar-refractivity contribution is 9.10. The number of ether oxygens (including phenoxy) is 2. The van der Waals surface area contributed by atoms with Gasteiger partial charge < -0.3 is 13.9 Å². The van der Waals surface area contributed by atoms with Crippen molar-refractivity contribution in [3.63, 3.8) is 0 Å². The Hall–Kier alpha value is -4.24. The smallest absolute Gasteiger partial charge is 0.331 e. The molecule has 0 radical (unpaired) electrons. The van der Waals surface area contributed by atoms with Gasteiger partial charge in [-0.25, -0.2) is 4.79 Å². The van der Waals surface area contributed by atoms with Gasteiger partial charge in [-0.2, -0.15) is 0 Å². The minimum Gasteiger partial charge on any atom is -0.496 e. The van der Waals surface area contributed by atoms with Crippen LogP contribution in [0.3, 0.4) is 0 Å². The Morgan fingerprint density at radius 3 is 2.26 bits per heavy atom. The number of hydrogen-bond acceptors (Lipinski definition) is 7. The Kier molecular flexibility index (Phi) is 5.70. The van der Waals surface area contributed by atoms with E-state index in [1.165, 1.54) is 19.2 Å². The van der Waals surface area contributed by atoms with Crippen LogP contribution in [-0.4, -0.2) is 36.3 Å². The summed E-state index contributed by atoms with van der Waals surface area (Å²) in [6.07, 6.45) is 0. The van der Waals surface area contributed by atoms with Gasteiger partial charge in [0.05, 0.1) is 28.1 Å². The van der Waals surface area contributed by atoms with Crippen LogP contribution in [0.2, 0.25) is 0 Å². The molecule has 5 rings (SSSR count). The quantitative estimate of drug-likeness (QED) is 0.276. The molecule has 4 aromatic rings. The lowest BCUT2D eigenvalue weighted by molar-refractivity contribution is -0.134. The molecule has 35 heavy (non-hydrogen) atoms. The highest BCUT2D eigenvalue weighted by atomic mass is 79.9. The van der Waals surface area contributed by atoms with Crippen molar-refractivity contribution in [2.45, 2.75) is 0 Å². The van der Waals surface area contributed by atoms with Gasteiger partial charge in [-0.1, -0.05) is 24.3 Å². The van der Waals surface area contributed by atoms with Crippen molar-refractivity contribution in [2.75, 3.05) is 13.7 Å². The molecule has 0 saturated carbocycles. The zero-order valence-corrected chi connectivity index (χ0v) is 19.8.